The summed E-state index contributed by atoms with van der Waals surface area (Å²) in [5.41, 5.74) is 4.75. The molecule has 3 aromatic rings. The Morgan fingerprint density at radius 1 is 1.00 bits per heavy atom. The number of hydrogen-bond acceptors (Lipinski definition) is 2. The van der Waals surface area contributed by atoms with Gasteiger partial charge in [0, 0.05) is 17.5 Å². The van der Waals surface area contributed by atoms with Gasteiger partial charge in [-0.15, -0.1) is 0 Å². The summed E-state index contributed by atoms with van der Waals surface area (Å²) >= 11 is 0. The molecule has 3 nitrogen and oxygen atoms in total. The zero-order chi connectivity index (χ0) is 13.9. The zero-order valence-corrected chi connectivity index (χ0v) is 11.2. The van der Waals surface area contributed by atoms with Crippen molar-refractivity contribution in [2.24, 2.45) is 0 Å². The van der Waals surface area contributed by atoms with Gasteiger partial charge < -0.3 is 4.40 Å². The minimum Gasteiger partial charge on any atom is -0.304 e. The lowest BCUT2D eigenvalue weighted by Gasteiger charge is -1.95. The maximum absolute atomic E-state index is 10.6. The van der Waals surface area contributed by atoms with E-state index in [9.17, 15) is 4.79 Å². The number of nitrogens with zero attached hydrogens (tertiary/aromatic N) is 2. The molecule has 0 saturated heterocycles. The van der Waals surface area contributed by atoms with Gasteiger partial charge in [-0.1, -0.05) is 36.4 Å². The lowest BCUT2D eigenvalue weighted by molar-refractivity contribution is 0.112. The van der Waals surface area contributed by atoms with E-state index in [1.54, 1.807) is 12.1 Å². The molecule has 0 unspecified atom stereocenters. The number of hydrogen-bond donors (Lipinski definition) is 0. The van der Waals surface area contributed by atoms with Crippen LogP contribution in [-0.2, 0) is 0 Å². The molecule has 0 fully saturated rings. The molecular weight excluding hydrogens is 248 g/mol. The van der Waals surface area contributed by atoms with Gasteiger partial charge in [0.05, 0.1) is 5.69 Å². The molecule has 0 saturated carbocycles. The topological polar surface area (TPSA) is 34.4 Å². The Bertz CT molecular complexity index is 782. The highest BCUT2D eigenvalue weighted by Crippen LogP contribution is 2.12. The summed E-state index contributed by atoms with van der Waals surface area (Å²) in [6.07, 6.45) is 6.83. The molecule has 3 heteroatoms. The Labute approximate surface area is 117 Å². The molecule has 0 bridgehead atoms. The van der Waals surface area contributed by atoms with Gasteiger partial charge in [0.25, 0.3) is 0 Å². The maximum Gasteiger partial charge on any atom is 0.150 e. The number of aldehydes is 1. The van der Waals surface area contributed by atoms with Crippen LogP contribution in [0.25, 0.3) is 17.8 Å². The van der Waals surface area contributed by atoms with Gasteiger partial charge in [-0.3, -0.25) is 4.79 Å². The molecule has 2 aromatic heterocycles. The molecule has 0 radical (unpaired) electrons. The standard InChI is InChI=1S/C17H14N2O/c1-13-3-2-4-17-18-16(11-19(13)17)10-9-14-5-7-15(12-20)8-6-14/h2-12H,1H3/b10-9+. The number of imidazole rings is 1. The SMILES string of the molecule is Cc1cccc2nc(/C=C/c3ccc(C=O)cc3)cn12. The molecule has 0 aliphatic carbocycles. The van der Waals surface area contributed by atoms with Gasteiger partial charge in [-0.2, -0.15) is 0 Å². The lowest BCUT2D eigenvalue weighted by atomic mass is 10.1. The highest BCUT2D eigenvalue weighted by Gasteiger charge is 1.99. The minimum absolute atomic E-state index is 0.686. The molecule has 98 valence electrons. The number of benzene rings is 1. The number of rotatable bonds is 3. The molecule has 0 N–H and O–H groups in total. The predicted octanol–water partition coefficient (Wildman–Crippen LogP) is 3.63. The first-order valence-electron chi connectivity index (χ1n) is 6.44. The zero-order valence-electron chi connectivity index (χ0n) is 11.2. The summed E-state index contributed by atoms with van der Waals surface area (Å²) in [6, 6.07) is 13.5. The van der Waals surface area contributed by atoms with Crippen LogP contribution in [0.15, 0.2) is 48.7 Å². The number of aromatic nitrogens is 2. The largest absolute Gasteiger partial charge is 0.304 e. The molecular formula is C17H14N2O. The summed E-state index contributed by atoms with van der Waals surface area (Å²) in [7, 11) is 0. The maximum atomic E-state index is 10.6. The first-order valence-corrected chi connectivity index (χ1v) is 6.44. The van der Waals surface area contributed by atoms with Gasteiger partial charge in [-0.25, -0.2) is 4.98 Å². The van der Waals surface area contributed by atoms with Gasteiger partial charge in [0.15, 0.2) is 0 Å². The average molecular weight is 262 g/mol. The fourth-order valence-corrected chi connectivity index (χ4v) is 2.11. The van der Waals surface area contributed by atoms with E-state index in [1.807, 2.05) is 42.6 Å². The predicted molar refractivity (Wildman–Crippen MR) is 80.7 cm³/mol. The molecule has 3 rings (SSSR count). The van der Waals surface area contributed by atoms with Crippen LogP contribution in [0.5, 0.6) is 0 Å². The summed E-state index contributed by atoms with van der Waals surface area (Å²) in [6.45, 7) is 2.06. The van der Waals surface area contributed by atoms with Crippen LogP contribution in [0.4, 0.5) is 0 Å². The summed E-state index contributed by atoms with van der Waals surface area (Å²) < 4.78 is 2.06. The van der Waals surface area contributed by atoms with Crippen LogP contribution < -0.4 is 0 Å². The van der Waals surface area contributed by atoms with Gasteiger partial charge in [0.1, 0.15) is 11.9 Å². The Hall–Kier alpha value is -2.68. The molecule has 1 aromatic carbocycles. The van der Waals surface area contributed by atoms with Crippen molar-refractivity contribution >= 4 is 24.1 Å². The number of carbonyl (C=O) groups excluding carboxylic acids is 1. The van der Waals surface area contributed by atoms with Crippen LogP contribution in [0.2, 0.25) is 0 Å². The normalized spacial score (nSPS) is 11.2. The second-order valence-electron chi connectivity index (χ2n) is 4.68. The van der Waals surface area contributed by atoms with E-state index in [0.29, 0.717) is 5.56 Å². The number of aryl methyl sites for hydroxylation is 1. The number of carbonyl (C=O) groups is 1. The second-order valence-corrected chi connectivity index (χ2v) is 4.68. The second kappa shape index (κ2) is 5.13. The molecule has 0 spiro atoms. The fraction of sp³-hybridized carbons (Fsp3) is 0.0588. The summed E-state index contributed by atoms with van der Waals surface area (Å²) in [5, 5.41) is 0. The Kier molecular flexibility index (Phi) is 3.17. The third kappa shape index (κ3) is 2.38. The highest BCUT2D eigenvalue weighted by molar-refractivity contribution is 5.76. The van der Waals surface area contributed by atoms with Crippen molar-refractivity contribution in [3.8, 4) is 0 Å². The van der Waals surface area contributed by atoms with Crippen molar-refractivity contribution in [1.82, 2.24) is 9.38 Å². The lowest BCUT2D eigenvalue weighted by Crippen LogP contribution is -1.86. The van der Waals surface area contributed by atoms with Crippen molar-refractivity contribution < 1.29 is 4.79 Å². The van der Waals surface area contributed by atoms with E-state index in [2.05, 4.69) is 22.4 Å². The molecule has 0 aliphatic rings. The number of fused-ring (bicyclic) bond motifs is 1. The average Bonchev–Trinajstić information content (AvgIpc) is 2.90. The van der Waals surface area contributed by atoms with E-state index in [-0.39, 0.29) is 0 Å². The third-order valence-electron chi connectivity index (χ3n) is 3.23. The summed E-state index contributed by atoms with van der Waals surface area (Å²) in [5.74, 6) is 0. The van der Waals surface area contributed by atoms with Crippen molar-refractivity contribution in [1.29, 1.82) is 0 Å². The van der Waals surface area contributed by atoms with Gasteiger partial charge in [0.2, 0.25) is 0 Å². The van der Waals surface area contributed by atoms with Crippen molar-refractivity contribution in [3.63, 3.8) is 0 Å². The first-order chi connectivity index (χ1) is 9.76. The summed E-state index contributed by atoms with van der Waals surface area (Å²) in [4.78, 5) is 15.1. The fourth-order valence-electron chi connectivity index (χ4n) is 2.11. The van der Waals surface area contributed by atoms with E-state index in [1.165, 1.54) is 0 Å². The first kappa shape index (κ1) is 12.4. The van der Waals surface area contributed by atoms with Crippen LogP contribution in [0, 0.1) is 6.92 Å². The van der Waals surface area contributed by atoms with E-state index >= 15 is 0 Å². The third-order valence-corrected chi connectivity index (χ3v) is 3.23. The Morgan fingerprint density at radius 2 is 1.75 bits per heavy atom. The molecule has 20 heavy (non-hydrogen) atoms. The van der Waals surface area contributed by atoms with Crippen LogP contribution in [-0.4, -0.2) is 15.7 Å². The molecule has 2 heterocycles. The van der Waals surface area contributed by atoms with E-state index in [0.717, 1.165) is 28.9 Å². The molecule has 0 amide bonds. The van der Waals surface area contributed by atoms with Crippen LogP contribution in [0.1, 0.15) is 27.3 Å². The smallest absolute Gasteiger partial charge is 0.150 e. The van der Waals surface area contributed by atoms with Gasteiger partial charge in [-0.05, 0) is 30.7 Å². The Balaban J connectivity index is 1.89. The monoisotopic (exact) mass is 262 g/mol. The Morgan fingerprint density at radius 3 is 2.45 bits per heavy atom. The minimum atomic E-state index is 0.686. The molecule has 0 aliphatic heterocycles. The van der Waals surface area contributed by atoms with Crippen molar-refractivity contribution in [2.75, 3.05) is 0 Å². The quantitative estimate of drug-likeness (QED) is 0.675. The van der Waals surface area contributed by atoms with Crippen molar-refractivity contribution in [3.05, 3.63) is 71.2 Å². The van der Waals surface area contributed by atoms with E-state index < -0.39 is 0 Å². The van der Waals surface area contributed by atoms with Crippen molar-refractivity contribution in [2.45, 2.75) is 6.92 Å². The molecule has 0 atom stereocenters. The van der Waals surface area contributed by atoms with Crippen LogP contribution >= 0.6 is 0 Å². The number of pyridine rings is 1. The van der Waals surface area contributed by atoms with Crippen LogP contribution in [0.3, 0.4) is 0 Å². The van der Waals surface area contributed by atoms with E-state index in [4.69, 9.17) is 0 Å². The highest BCUT2D eigenvalue weighted by atomic mass is 16.1. The van der Waals surface area contributed by atoms with Gasteiger partial charge >= 0.3 is 0 Å².